The van der Waals surface area contributed by atoms with Crippen molar-refractivity contribution < 1.29 is 9.18 Å². The van der Waals surface area contributed by atoms with Crippen molar-refractivity contribution in [2.45, 2.75) is 34.2 Å². The lowest BCUT2D eigenvalue weighted by Gasteiger charge is -2.09. The second-order valence-electron chi connectivity index (χ2n) is 5.83. The van der Waals surface area contributed by atoms with Gasteiger partial charge in [0.2, 0.25) is 0 Å². The summed E-state index contributed by atoms with van der Waals surface area (Å²) in [4.78, 5) is 17.2. The molecule has 124 valence electrons. The number of carbonyl (C=O) groups is 1. The molecular formula is C18H19FN4O. The van der Waals surface area contributed by atoms with Gasteiger partial charge in [-0.1, -0.05) is 6.07 Å². The smallest absolute Gasteiger partial charge is 0.256 e. The average molecular weight is 326 g/mol. The molecule has 0 saturated heterocycles. The summed E-state index contributed by atoms with van der Waals surface area (Å²) in [7, 11) is 0. The molecule has 0 unspecified atom stereocenters. The number of carbonyl (C=O) groups excluding carboxylic acids is 1. The van der Waals surface area contributed by atoms with Gasteiger partial charge in [-0.05, 0) is 51.5 Å². The van der Waals surface area contributed by atoms with Crippen LogP contribution in [0.15, 0.2) is 24.3 Å². The van der Waals surface area contributed by atoms with Crippen LogP contribution in [0, 0.1) is 26.6 Å². The van der Waals surface area contributed by atoms with Gasteiger partial charge in [-0.2, -0.15) is 5.10 Å². The minimum atomic E-state index is -0.348. The number of rotatable bonds is 3. The summed E-state index contributed by atoms with van der Waals surface area (Å²) < 4.78 is 15.5. The van der Waals surface area contributed by atoms with E-state index in [1.165, 1.54) is 6.07 Å². The lowest BCUT2D eigenvalue weighted by Crippen LogP contribution is -2.13. The number of aryl methyl sites for hydroxylation is 4. The fraction of sp³-hybridized carbons (Fsp3) is 0.278. The SMILES string of the molecule is CCn1nc(C)c2c(C(=O)Nc3ccc(C)c(F)c3)cc(C)nc21. The maximum Gasteiger partial charge on any atom is 0.256 e. The van der Waals surface area contributed by atoms with Crippen LogP contribution in [-0.4, -0.2) is 20.7 Å². The molecule has 0 saturated carbocycles. The molecule has 0 aliphatic heterocycles. The molecule has 0 radical (unpaired) electrons. The molecule has 6 heteroatoms. The number of halogens is 1. The minimum absolute atomic E-state index is 0.299. The third-order valence-corrected chi connectivity index (χ3v) is 3.98. The monoisotopic (exact) mass is 326 g/mol. The fourth-order valence-corrected chi connectivity index (χ4v) is 2.75. The molecule has 0 aliphatic rings. The Kier molecular flexibility index (Phi) is 4.05. The first-order chi connectivity index (χ1) is 11.4. The van der Waals surface area contributed by atoms with Gasteiger partial charge in [0.05, 0.1) is 16.6 Å². The molecule has 2 aromatic heterocycles. The highest BCUT2D eigenvalue weighted by molar-refractivity contribution is 6.12. The van der Waals surface area contributed by atoms with Crippen LogP contribution in [0.1, 0.15) is 34.2 Å². The zero-order valence-electron chi connectivity index (χ0n) is 14.1. The molecule has 5 nitrogen and oxygen atoms in total. The van der Waals surface area contributed by atoms with Gasteiger partial charge in [-0.25, -0.2) is 14.1 Å². The Hall–Kier alpha value is -2.76. The Bertz CT molecular complexity index is 946. The average Bonchev–Trinajstić information content (AvgIpc) is 2.86. The van der Waals surface area contributed by atoms with Crippen LogP contribution < -0.4 is 5.32 Å². The van der Waals surface area contributed by atoms with Crippen LogP contribution in [0.3, 0.4) is 0 Å². The second kappa shape index (κ2) is 6.03. The molecule has 2 heterocycles. The van der Waals surface area contributed by atoms with E-state index in [1.54, 1.807) is 29.8 Å². The summed E-state index contributed by atoms with van der Waals surface area (Å²) in [5, 5.41) is 7.92. The molecule has 24 heavy (non-hydrogen) atoms. The Balaban J connectivity index is 2.06. The Morgan fingerprint density at radius 1 is 1.25 bits per heavy atom. The number of anilines is 1. The number of aromatic nitrogens is 3. The van der Waals surface area contributed by atoms with Gasteiger partial charge in [0.1, 0.15) is 5.82 Å². The second-order valence-corrected chi connectivity index (χ2v) is 5.83. The highest BCUT2D eigenvalue weighted by atomic mass is 19.1. The van der Waals surface area contributed by atoms with Crippen LogP contribution in [0.25, 0.3) is 11.0 Å². The number of hydrogen-bond donors (Lipinski definition) is 1. The van der Waals surface area contributed by atoms with E-state index in [-0.39, 0.29) is 11.7 Å². The first kappa shape index (κ1) is 16.1. The fourth-order valence-electron chi connectivity index (χ4n) is 2.75. The normalized spacial score (nSPS) is 11.0. The molecule has 0 bridgehead atoms. The largest absolute Gasteiger partial charge is 0.322 e. The summed E-state index contributed by atoms with van der Waals surface area (Å²) >= 11 is 0. The highest BCUT2D eigenvalue weighted by Gasteiger charge is 2.18. The van der Waals surface area contributed by atoms with Gasteiger partial charge < -0.3 is 5.32 Å². The van der Waals surface area contributed by atoms with Crippen LogP contribution >= 0.6 is 0 Å². The summed E-state index contributed by atoms with van der Waals surface area (Å²) in [5.74, 6) is -0.647. The Morgan fingerprint density at radius 2 is 2.00 bits per heavy atom. The van der Waals surface area contributed by atoms with Crippen molar-refractivity contribution in [1.29, 1.82) is 0 Å². The van der Waals surface area contributed by atoms with Gasteiger partial charge in [0.15, 0.2) is 5.65 Å². The van der Waals surface area contributed by atoms with Crippen molar-refractivity contribution >= 4 is 22.6 Å². The van der Waals surface area contributed by atoms with Crippen molar-refractivity contribution in [1.82, 2.24) is 14.8 Å². The minimum Gasteiger partial charge on any atom is -0.322 e. The summed E-state index contributed by atoms with van der Waals surface area (Å²) in [5.41, 5.74) is 3.63. The maximum atomic E-state index is 13.7. The number of nitrogens with zero attached hydrogens (tertiary/aromatic N) is 3. The van der Waals surface area contributed by atoms with E-state index in [2.05, 4.69) is 15.4 Å². The summed E-state index contributed by atoms with van der Waals surface area (Å²) in [6.07, 6.45) is 0. The third-order valence-electron chi connectivity index (χ3n) is 3.98. The molecule has 0 aliphatic carbocycles. The van der Waals surface area contributed by atoms with E-state index in [0.717, 1.165) is 16.8 Å². The molecule has 0 atom stereocenters. The van der Waals surface area contributed by atoms with Crippen molar-refractivity contribution in [2.75, 3.05) is 5.32 Å². The van der Waals surface area contributed by atoms with Gasteiger partial charge in [-0.3, -0.25) is 4.79 Å². The molecule has 0 fully saturated rings. The van der Waals surface area contributed by atoms with Crippen molar-refractivity contribution in [3.8, 4) is 0 Å². The van der Waals surface area contributed by atoms with Crippen LogP contribution in [-0.2, 0) is 6.54 Å². The van der Waals surface area contributed by atoms with E-state index in [1.807, 2.05) is 20.8 Å². The van der Waals surface area contributed by atoms with E-state index in [9.17, 15) is 9.18 Å². The number of pyridine rings is 1. The maximum absolute atomic E-state index is 13.7. The topological polar surface area (TPSA) is 59.8 Å². The summed E-state index contributed by atoms with van der Waals surface area (Å²) in [6, 6.07) is 6.38. The Morgan fingerprint density at radius 3 is 2.67 bits per heavy atom. The molecule has 3 aromatic rings. The van der Waals surface area contributed by atoms with Crippen LogP contribution in [0.2, 0.25) is 0 Å². The lowest BCUT2D eigenvalue weighted by molar-refractivity contribution is 0.102. The van der Waals surface area contributed by atoms with Gasteiger partial charge in [0.25, 0.3) is 5.91 Å². The van der Waals surface area contributed by atoms with Gasteiger partial charge >= 0.3 is 0 Å². The molecule has 0 spiro atoms. The first-order valence-electron chi connectivity index (χ1n) is 7.83. The Labute approximate surface area is 139 Å². The lowest BCUT2D eigenvalue weighted by atomic mass is 10.1. The van der Waals surface area contributed by atoms with Crippen molar-refractivity contribution in [3.63, 3.8) is 0 Å². The van der Waals surface area contributed by atoms with Crippen LogP contribution in [0.4, 0.5) is 10.1 Å². The predicted molar refractivity (Wildman–Crippen MR) is 91.8 cm³/mol. The van der Waals surface area contributed by atoms with Crippen LogP contribution in [0.5, 0.6) is 0 Å². The predicted octanol–water partition coefficient (Wildman–Crippen LogP) is 3.77. The quantitative estimate of drug-likeness (QED) is 0.797. The highest BCUT2D eigenvalue weighted by Crippen LogP contribution is 2.23. The zero-order valence-corrected chi connectivity index (χ0v) is 14.1. The van der Waals surface area contributed by atoms with E-state index >= 15 is 0 Å². The first-order valence-corrected chi connectivity index (χ1v) is 7.83. The zero-order chi connectivity index (χ0) is 17.4. The molecule has 1 N–H and O–H groups in total. The third kappa shape index (κ3) is 2.75. The van der Waals surface area contributed by atoms with E-state index in [0.29, 0.717) is 29.0 Å². The van der Waals surface area contributed by atoms with E-state index < -0.39 is 0 Å². The number of fused-ring (bicyclic) bond motifs is 1. The van der Waals surface area contributed by atoms with Gasteiger partial charge in [0, 0.05) is 17.9 Å². The standard InChI is InChI=1S/C18H19FN4O/c1-5-23-17-16(12(4)22-23)14(8-11(3)20-17)18(24)21-13-7-6-10(2)15(19)9-13/h6-9H,5H2,1-4H3,(H,21,24). The molecular weight excluding hydrogens is 307 g/mol. The summed E-state index contributed by atoms with van der Waals surface area (Å²) in [6.45, 7) is 8.02. The van der Waals surface area contributed by atoms with E-state index in [4.69, 9.17) is 0 Å². The molecule has 1 aromatic carbocycles. The number of hydrogen-bond acceptors (Lipinski definition) is 3. The van der Waals surface area contributed by atoms with Crippen molar-refractivity contribution in [3.05, 3.63) is 52.6 Å². The van der Waals surface area contributed by atoms with Crippen molar-refractivity contribution in [2.24, 2.45) is 0 Å². The van der Waals surface area contributed by atoms with Gasteiger partial charge in [-0.15, -0.1) is 0 Å². The number of nitrogens with one attached hydrogen (secondary N) is 1. The molecule has 3 rings (SSSR count). The molecule has 1 amide bonds. The number of benzene rings is 1. The number of amides is 1.